The molecule has 1 fully saturated rings. The lowest BCUT2D eigenvalue weighted by Gasteiger charge is -2.29. The Morgan fingerprint density at radius 2 is 1.92 bits per heavy atom. The number of anilines is 2. The van der Waals surface area contributed by atoms with Crippen molar-refractivity contribution in [1.82, 2.24) is 9.97 Å². The molecule has 0 atom stereocenters. The summed E-state index contributed by atoms with van der Waals surface area (Å²) in [4.78, 5) is 36.0. The van der Waals surface area contributed by atoms with E-state index in [2.05, 4.69) is 9.97 Å². The summed E-state index contributed by atoms with van der Waals surface area (Å²) in [7, 11) is 3.69. The summed E-state index contributed by atoms with van der Waals surface area (Å²) in [6.45, 7) is -1.75. The number of carboxylic acid groups (broad SMARTS) is 1. The first kappa shape index (κ1) is 23.3. The molecule has 3 aromatic rings. The average Bonchev–Trinajstić information content (AvgIpc) is 2.92. The fourth-order valence-corrected chi connectivity index (χ4v) is 3.94. The highest BCUT2D eigenvalue weighted by molar-refractivity contribution is 5.94. The Labute approximate surface area is 217 Å². The van der Waals surface area contributed by atoms with Gasteiger partial charge in [-0.15, -0.1) is 0 Å². The normalized spacial score (nSPS) is 15.2. The molecule has 4 rings (SSSR count). The van der Waals surface area contributed by atoms with Gasteiger partial charge in [0, 0.05) is 62.8 Å². The zero-order chi connectivity index (χ0) is 28.2. The fourth-order valence-electron chi connectivity index (χ4n) is 3.94. The van der Waals surface area contributed by atoms with Gasteiger partial charge < -0.3 is 14.7 Å². The van der Waals surface area contributed by atoms with Crippen molar-refractivity contribution in [1.29, 1.82) is 0 Å². The van der Waals surface area contributed by atoms with Crippen LogP contribution in [-0.4, -0.2) is 54.3 Å². The van der Waals surface area contributed by atoms with Gasteiger partial charge in [0.2, 0.25) is 5.91 Å². The molecule has 1 aromatic carbocycles. The van der Waals surface area contributed by atoms with Gasteiger partial charge in [0.25, 0.3) is 0 Å². The number of hydrogen-bond acceptors (Lipinski definition) is 6. The van der Waals surface area contributed by atoms with Gasteiger partial charge in [0.05, 0.1) is 9.24 Å². The number of aromatic nitrogens is 2. The first-order valence-electron chi connectivity index (χ1n) is 12.8. The van der Waals surface area contributed by atoms with Crippen LogP contribution in [0.5, 0.6) is 0 Å². The summed E-state index contributed by atoms with van der Waals surface area (Å²) in [5.41, 5.74) is 1.11. The zero-order valence-electron chi connectivity index (χ0n) is 22.6. The lowest BCUT2D eigenvalue weighted by Crippen LogP contribution is -2.38. The summed E-state index contributed by atoms with van der Waals surface area (Å²) in [5.74, 6) is -2.15. The summed E-state index contributed by atoms with van der Waals surface area (Å²) < 4.78 is 38.8. The number of pyridine rings is 2. The highest BCUT2D eigenvalue weighted by atomic mass is 19.1. The van der Waals surface area contributed by atoms with Crippen molar-refractivity contribution in [2.45, 2.75) is 19.3 Å². The molecule has 1 saturated heterocycles. The SMILES string of the molecule is [2H]C([2H])(c1ccc(-c2ccc(N(C)C)nc2)c(F)c1)N(C(=O)C1CCOCC1)c1cc(C=CC(=O)O)ccn1. The first-order chi connectivity index (χ1) is 18.6. The van der Waals surface area contributed by atoms with E-state index in [1.165, 1.54) is 30.5 Å². The van der Waals surface area contributed by atoms with Crippen molar-refractivity contribution in [3.05, 3.63) is 77.9 Å². The number of carboxylic acids is 1. The largest absolute Gasteiger partial charge is 0.478 e. The van der Waals surface area contributed by atoms with E-state index in [0.717, 1.165) is 17.0 Å². The topological polar surface area (TPSA) is 95.9 Å². The second kappa shape index (κ2) is 11.7. The van der Waals surface area contributed by atoms with Crippen LogP contribution in [0, 0.1) is 11.7 Å². The second-order valence-corrected chi connectivity index (χ2v) is 8.79. The van der Waals surface area contributed by atoms with Gasteiger partial charge in [-0.05, 0) is 60.4 Å². The highest BCUT2D eigenvalue weighted by Gasteiger charge is 2.28. The number of carbonyl (C=O) groups is 2. The van der Waals surface area contributed by atoms with Crippen molar-refractivity contribution in [2.75, 3.05) is 37.1 Å². The Kier molecular flexibility index (Phi) is 7.40. The van der Waals surface area contributed by atoms with Crippen LogP contribution in [0.4, 0.5) is 16.0 Å². The van der Waals surface area contributed by atoms with E-state index in [1.807, 2.05) is 19.0 Å². The van der Waals surface area contributed by atoms with Crippen molar-refractivity contribution in [2.24, 2.45) is 5.92 Å². The van der Waals surface area contributed by atoms with E-state index in [9.17, 15) is 9.59 Å². The lowest BCUT2D eigenvalue weighted by atomic mass is 9.98. The standard InChI is InChI=1S/C28H29FN4O4/c1-32(2)25-7-5-22(17-31-25)23-6-3-20(15-24(23)29)18-33(28(36)21-10-13-37-14-11-21)26-16-19(9-12-30-26)4-8-27(34)35/h3-9,12,15-17,21H,10-11,13-14,18H2,1-2H3,(H,34,35)/i18D2. The van der Waals surface area contributed by atoms with Crippen LogP contribution in [0.15, 0.2) is 60.9 Å². The van der Waals surface area contributed by atoms with E-state index in [1.54, 1.807) is 24.4 Å². The van der Waals surface area contributed by atoms with Crippen LogP contribution in [0.25, 0.3) is 17.2 Å². The summed E-state index contributed by atoms with van der Waals surface area (Å²) in [6.07, 6.45) is 5.99. The van der Waals surface area contributed by atoms with Gasteiger partial charge in [0.1, 0.15) is 17.5 Å². The Hall–Kier alpha value is -4.11. The van der Waals surface area contributed by atoms with E-state index < -0.39 is 30.1 Å². The number of rotatable bonds is 8. The van der Waals surface area contributed by atoms with Gasteiger partial charge in [-0.25, -0.2) is 19.2 Å². The summed E-state index contributed by atoms with van der Waals surface area (Å²) >= 11 is 0. The number of halogens is 1. The zero-order valence-corrected chi connectivity index (χ0v) is 20.6. The molecule has 1 amide bonds. The molecule has 192 valence electrons. The van der Waals surface area contributed by atoms with Gasteiger partial charge in [0.15, 0.2) is 0 Å². The Bertz CT molecular complexity index is 1380. The predicted octanol–water partition coefficient (Wildman–Crippen LogP) is 4.41. The van der Waals surface area contributed by atoms with Crippen molar-refractivity contribution >= 4 is 29.6 Å². The minimum absolute atomic E-state index is 0.0167. The van der Waals surface area contributed by atoms with E-state index in [0.29, 0.717) is 43.0 Å². The second-order valence-electron chi connectivity index (χ2n) is 8.79. The quantitative estimate of drug-likeness (QED) is 0.452. The number of amides is 1. The molecule has 1 N–H and O–H groups in total. The number of benzene rings is 1. The van der Waals surface area contributed by atoms with E-state index >= 15 is 4.39 Å². The summed E-state index contributed by atoms with van der Waals surface area (Å²) in [5, 5.41) is 8.98. The van der Waals surface area contributed by atoms with Crippen LogP contribution in [0.1, 0.15) is 26.7 Å². The molecule has 2 aromatic heterocycles. The molecule has 0 bridgehead atoms. The molecule has 0 unspecified atom stereocenters. The van der Waals surface area contributed by atoms with Crippen LogP contribution >= 0.6 is 0 Å². The van der Waals surface area contributed by atoms with Crippen LogP contribution < -0.4 is 9.80 Å². The molecule has 0 spiro atoms. The molecule has 1 aliphatic heterocycles. The average molecular weight is 507 g/mol. The molecule has 3 heterocycles. The van der Waals surface area contributed by atoms with E-state index in [-0.39, 0.29) is 16.9 Å². The van der Waals surface area contributed by atoms with Gasteiger partial charge in [-0.1, -0.05) is 12.1 Å². The number of ether oxygens (including phenoxy) is 1. The lowest BCUT2D eigenvalue weighted by molar-refractivity contribution is -0.131. The number of hydrogen-bond donors (Lipinski definition) is 1. The molecule has 9 heteroatoms. The van der Waals surface area contributed by atoms with Crippen molar-refractivity contribution in [3.63, 3.8) is 0 Å². The Morgan fingerprint density at radius 3 is 2.57 bits per heavy atom. The fraction of sp³-hybridized carbons (Fsp3) is 0.286. The number of nitrogens with zero attached hydrogens (tertiary/aromatic N) is 4. The molecule has 0 radical (unpaired) electrons. The number of carbonyl (C=O) groups excluding carboxylic acids is 1. The van der Waals surface area contributed by atoms with E-state index in [4.69, 9.17) is 12.6 Å². The minimum Gasteiger partial charge on any atom is -0.478 e. The summed E-state index contributed by atoms with van der Waals surface area (Å²) in [6, 6.07) is 10.4. The van der Waals surface area contributed by atoms with Crippen LogP contribution in [-0.2, 0) is 20.8 Å². The minimum atomic E-state index is -2.48. The molecule has 0 saturated carbocycles. The molecular formula is C28H29FN4O4. The van der Waals surface area contributed by atoms with Crippen molar-refractivity contribution in [3.8, 4) is 11.1 Å². The van der Waals surface area contributed by atoms with Crippen LogP contribution in [0.2, 0.25) is 0 Å². The van der Waals surface area contributed by atoms with Gasteiger partial charge >= 0.3 is 5.97 Å². The van der Waals surface area contributed by atoms with Crippen LogP contribution in [0.3, 0.4) is 0 Å². The molecule has 37 heavy (non-hydrogen) atoms. The monoisotopic (exact) mass is 506 g/mol. The van der Waals surface area contributed by atoms with Gasteiger partial charge in [-0.2, -0.15) is 0 Å². The first-order valence-corrected chi connectivity index (χ1v) is 11.8. The molecule has 1 aliphatic rings. The molecule has 0 aliphatic carbocycles. The van der Waals surface area contributed by atoms with Gasteiger partial charge in [-0.3, -0.25) is 9.69 Å². The maximum atomic E-state index is 15.4. The Balaban J connectivity index is 1.74. The maximum Gasteiger partial charge on any atom is 0.328 e. The number of aliphatic carboxylic acids is 1. The van der Waals surface area contributed by atoms with Crippen molar-refractivity contribution < 1.29 is 26.6 Å². The smallest absolute Gasteiger partial charge is 0.328 e. The third-order valence-corrected chi connectivity index (χ3v) is 5.94. The third-order valence-electron chi connectivity index (χ3n) is 5.94. The maximum absolute atomic E-state index is 15.4. The predicted molar refractivity (Wildman–Crippen MR) is 140 cm³/mol. The molecule has 8 nitrogen and oxygen atoms in total. The highest BCUT2D eigenvalue weighted by Crippen LogP contribution is 2.28. The Morgan fingerprint density at radius 1 is 1.14 bits per heavy atom. The molecular weight excluding hydrogens is 475 g/mol. The third kappa shape index (κ3) is 6.56.